The first-order valence-corrected chi connectivity index (χ1v) is 8.70. The second-order valence-corrected chi connectivity index (χ2v) is 6.66. The number of alkyl halides is 2. The minimum atomic E-state index is -2.67. The Labute approximate surface area is 149 Å². The third kappa shape index (κ3) is 2.85. The largest absolute Gasteiger partial charge is 0.345 e. The van der Waals surface area contributed by atoms with Gasteiger partial charge in [0.15, 0.2) is 0 Å². The Bertz CT molecular complexity index is 980. The molecule has 0 saturated carbocycles. The zero-order valence-corrected chi connectivity index (χ0v) is 14.4. The highest BCUT2D eigenvalue weighted by Gasteiger charge is 2.24. The smallest absolute Gasteiger partial charge is 0.280 e. The van der Waals surface area contributed by atoms with Crippen molar-refractivity contribution < 1.29 is 13.6 Å². The third-order valence-corrected chi connectivity index (χ3v) is 4.97. The van der Waals surface area contributed by atoms with E-state index in [0.717, 1.165) is 24.8 Å². The molecule has 6 heteroatoms. The molecule has 1 atom stereocenters. The van der Waals surface area contributed by atoms with Gasteiger partial charge < -0.3 is 9.72 Å². The SMILES string of the molecule is Cc1cc(C(F)F)nc2c(C(=O)NC3CCCc4ccccc43)ccn12. The van der Waals surface area contributed by atoms with E-state index >= 15 is 0 Å². The number of nitrogens with one attached hydrogen (secondary N) is 1. The summed E-state index contributed by atoms with van der Waals surface area (Å²) in [5, 5.41) is 3.06. The second kappa shape index (κ2) is 6.52. The van der Waals surface area contributed by atoms with E-state index in [1.165, 1.54) is 11.6 Å². The summed E-state index contributed by atoms with van der Waals surface area (Å²) < 4.78 is 27.8. The molecule has 3 aromatic rings. The van der Waals surface area contributed by atoms with Crippen LogP contribution < -0.4 is 5.32 Å². The Kier molecular flexibility index (Phi) is 4.18. The highest BCUT2D eigenvalue weighted by molar-refractivity contribution is 6.00. The molecule has 2 heterocycles. The number of amides is 1. The summed E-state index contributed by atoms with van der Waals surface area (Å²) in [6, 6.07) is 11.0. The number of carbonyl (C=O) groups excluding carboxylic acids is 1. The van der Waals surface area contributed by atoms with Crippen molar-refractivity contribution in [2.24, 2.45) is 0 Å². The first-order valence-electron chi connectivity index (χ1n) is 8.70. The molecule has 0 radical (unpaired) electrons. The normalized spacial score (nSPS) is 16.7. The van der Waals surface area contributed by atoms with Gasteiger partial charge in [0.05, 0.1) is 11.6 Å². The van der Waals surface area contributed by atoms with Crippen molar-refractivity contribution in [1.82, 2.24) is 14.7 Å². The molecule has 134 valence electrons. The number of hydrogen-bond donors (Lipinski definition) is 1. The lowest BCUT2D eigenvalue weighted by Crippen LogP contribution is -2.31. The molecule has 1 unspecified atom stereocenters. The molecule has 0 saturated heterocycles. The Morgan fingerprint density at radius 3 is 2.92 bits per heavy atom. The van der Waals surface area contributed by atoms with Gasteiger partial charge in [-0.25, -0.2) is 13.8 Å². The number of hydrogen-bond acceptors (Lipinski definition) is 2. The van der Waals surface area contributed by atoms with Crippen LogP contribution in [-0.4, -0.2) is 15.3 Å². The van der Waals surface area contributed by atoms with Crippen molar-refractivity contribution in [2.45, 2.75) is 38.7 Å². The molecule has 4 rings (SSSR count). The molecule has 4 nitrogen and oxygen atoms in total. The molecule has 26 heavy (non-hydrogen) atoms. The number of benzene rings is 1. The maximum atomic E-state index is 13.1. The van der Waals surface area contributed by atoms with Gasteiger partial charge >= 0.3 is 0 Å². The molecule has 0 spiro atoms. The minimum Gasteiger partial charge on any atom is -0.345 e. The fourth-order valence-corrected chi connectivity index (χ4v) is 3.69. The molecule has 0 fully saturated rings. The van der Waals surface area contributed by atoms with Gasteiger partial charge in [-0.1, -0.05) is 24.3 Å². The van der Waals surface area contributed by atoms with Crippen molar-refractivity contribution in [3.8, 4) is 0 Å². The maximum absolute atomic E-state index is 13.1. The van der Waals surface area contributed by atoms with Crippen LogP contribution in [0, 0.1) is 6.92 Å². The standard InChI is InChI=1S/C20H19F2N3O/c1-12-11-17(18(21)22)23-19-15(9-10-25(12)19)20(26)24-16-8-4-6-13-5-2-3-7-14(13)16/h2-3,5,7,9-11,16,18H,4,6,8H2,1H3,(H,24,26). The summed E-state index contributed by atoms with van der Waals surface area (Å²) in [6.07, 6.45) is 1.90. The quantitative estimate of drug-likeness (QED) is 0.757. The Morgan fingerprint density at radius 1 is 1.31 bits per heavy atom. The summed E-state index contributed by atoms with van der Waals surface area (Å²) in [5.41, 5.74) is 3.27. The molecule has 1 aliphatic rings. The third-order valence-electron chi connectivity index (χ3n) is 4.97. The van der Waals surface area contributed by atoms with Gasteiger partial charge in [0, 0.05) is 11.9 Å². The van der Waals surface area contributed by atoms with E-state index < -0.39 is 6.43 Å². The van der Waals surface area contributed by atoms with Crippen LogP contribution >= 0.6 is 0 Å². The summed E-state index contributed by atoms with van der Waals surface area (Å²) in [4.78, 5) is 16.8. The van der Waals surface area contributed by atoms with E-state index in [1.54, 1.807) is 23.6 Å². The molecule has 1 N–H and O–H groups in total. The van der Waals surface area contributed by atoms with E-state index in [0.29, 0.717) is 11.3 Å². The van der Waals surface area contributed by atoms with E-state index in [4.69, 9.17) is 0 Å². The van der Waals surface area contributed by atoms with Gasteiger partial charge in [0.25, 0.3) is 12.3 Å². The van der Waals surface area contributed by atoms with Crippen LogP contribution in [0.5, 0.6) is 0 Å². The van der Waals surface area contributed by atoms with Crippen LogP contribution in [0.3, 0.4) is 0 Å². The number of carbonyl (C=O) groups is 1. The molecular weight excluding hydrogens is 336 g/mol. The van der Waals surface area contributed by atoms with E-state index in [1.807, 2.05) is 18.2 Å². The molecule has 1 aromatic carbocycles. The predicted molar refractivity (Wildman–Crippen MR) is 94.5 cm³/mol. The van der Waals surface area contributed by atoms with Crippen LogP contribution in [0.25, 0.3) is 5.65 Å². The Hall–Kier alpha value is -2.76. The zero-order valence-electron chi connectivity index (χ0n) is 14.4. The topological polar surface area (TPSA) is 46.4 Å². The van der Waals surface area contributed by atoms with E-state index in [9.17, 15) is 13.6 Å². The highest BCUT2D eigenvalue weighted by Crippen LogP contribution is 2.30. The van der Waals surface area contributed by atoms with Crippen LogP contribution in [0.4, 0.5) is 8.78 Å². The van der Waals surface area contributed by atoms with E-state index in [2.05, 4.69) is 16.4 Å². The molecule has 2 aromatic heterocycles. The van der Waals surface area contributed by atoms with Crippen LogP contribution in [0.2, 0.25) is 0 Å². The molecule has 0 bridgehead atoms. The van der Waals surface area contributed by atoms with Crippen molar-refractivity contribution in [3.63, 3.8) is 0 Å². The number of fused-ring (bicyclic) bond motifs is 2. The Morgan fingerprint density at radius 2 is 2.12 bits per heavy atom. The molecule has 1 amide bonds. The highest BCUT2D eigenvalue weighted by atomic mass is 19.3. The summed E-state index contributed by atoms with van der Waals surface area (Å²) in [6.45, 7) is 1.72. The van der Waals surface area contributed by atoms with Crippen LogP contribution in [0.1, 0.15) is 58.2 Å². The fourth-order valence-electron chi connectivity index (χ4n) is 3.69. The first kappa shape index (κ1) is 16.7. The van der Waals surface area contributed by atoms with Crippen LogP contribution in [0.15, 0.2) is 42.6 Å². The van der Waals surface area contributed by atoms with Crippen molar-refractivity contribution >= 4 is 11.6 Å². The van der Waals surface area contributed by atoms with E-state index in [-0.39, 0.29) is 23.3 Å². The van der Waals surface area contributed by atoms with Gasteiger partial charge in [0.2, 0.25) is 0 Å². The number of rotatable bonds is 3. The fraction of sp³-hybridized carbons (Fsp3) is 0.300. The lowest BCUT2D eigenvalue weighted by Gasteiger charge is -2.26. The number of nitrogens with zero attached hydrogens (tertiary/aromatic N) is 2. The Balaban J connectivity index is 1.67. The summed E-state index contributed by atoms with van der Waals surface area (Å²) in [5.74, 6) is -0.285. The minimum absolute atomic E-state index is 0.0678. The summed E-state index contributed by atoms with van der Waals surface area (Å²) >= 11 is 0. The lowest BCUT2D eigenvalue weighted by molar-refractivity contribution is 0.0934. The maximum Gasteiger partial charge on any atom is 0.280 e. The van der Waals surface area contributed by atoms with Gasteiger partial charge in [-0.3, -0.25) is 4.79 Å². The lowest BCUT2D eigenvalue weighted by atomic mass is 9.87. The molecule has 1 aliphatic carbocycles. The van der Waals surface area contributed by atoms with Crippen molar-refractivity contribution in [2.75, 3.05) is 0 Å². The van der Waals surface area contributed by atoms with Crippen molar-refractivity contribution in [3.05, 3.63) is 70.7 Å². The van der Waals surface area contributed by atoms with Gasteiger partial charge in [0.1, 0.15) is 11.3 Å². The second-order valence-electron chi connectivity index (χ2n) is 6.66. The van der Waals surface area contributed by atoms with Gasteiger partial charge in [-0.05, 0) is 49.4 Å². The predicted octanol–water partition coefficient (Wildman–Crippen LogP) is 4.39. The number of aromatic nitrogens is 2. The number of halogens is 2. The van der Waals surface area contributed by atoms with Crippen LogP contribution in [-0.2, 0) is 6.42 Å². The summed E-state index contributed by atoms with van der Waals surface area (Å²) in [7, 11) is 0. The molecule has 0 aliphatic heterocycles. The average Bonchev–Trinajstić information content (AvgIpc) is 3.06. The first-order chi connectivity index (χ1) is 12.5. The van der Waals surface area contributed by atoms with Crippen molar-refractivity contribution in [1.29, 1.82) is 0 Å². The zero-order chi connectivity index (χ0) is 18.3. The molecular formula is C20H19F2N3O. The van der Waals surface area contributed by atoms with Gasteiger partial charge in [-0.15, -0.1) is 0 Å². The number of aryl methyl sites for hydroxylation is 2. The van der Waals surface area contributed by atoms with Gasteiger partial charge in [-0.2, -0.15) is 0 Å². The monoisotopic (exact) mass is 355 g/mol. The average molecular weight is 355 g/mol.